The maximum absolute atomic E-state index is 12.7. The Hall–Kier alpha value is -3.18. The Labute approximate surface area is 208 Å². The van der Waals surface area contributed by atoms with E-state index < -0.39 is 0 Å². The first-order valence-corrected chi connectivity index (χ1v) is 12.9. The van der Waals surface area contributed by atoms with E-state index in [0.29, 0.717) is 24.1 Å². The maximum atomic E-state index is 12.7. The summed E-state index contributed by atoms with van der Waals surface area (Å²) in [6, 6.07) is 25.0. The van der Waals surface area contributed by atoms with Crippen LogP contribution in [0, 0.1) is 5.92 Å². The third-order valence-corrected chi connectivity index (χ3v) is 7.36. The predicted molar refractivity (Wildman–Crippen MR) is 138 cm³/mol. The van der Waals surface area contributed by atoms with Crippen LogP contribution < -0.4 is 4.74 Å². The molecule has 2 aliphatic rings. The highest BCUT2D eigenvalue weighted by Gasteiger charge is 2.25. The van der Waals surface area contributed by atoms with Crippen molar-refractivity contribution in [2.45, 2.75) is 38.1 Å². The van der Waals surface area contributed by atoms with E-state index in [1.807, 2.05) is 17.0 Å². The van der Waals surface area contributed by atoms with Gasteiger partial charge in [-0.05, 0) is 80.1 Å². The number of amides is 1. The first kappa shape index (κ1) is 23.6. The number of hydrogen-bond donors (Lipinski definition) is 0. The lowest BCUT2D eigenvalue weighted by Crippen LogP contribution is -2.41. The molecule has 2 saturated heterocycles. The Balaban J connectivity index is 1.06. The van der Waals surface area contributed by atoms with Crippen molar-refractivity contribution >= 4 is 5.91 Å². The number of benzene rings is 2. The molecule has 5 nitrogen and oxygen atoms in total. The molecule has 0 spiro atoms. The normalized spacial score (nSPS) is 19.4. The zero-order valence-corrected chi connectivity index (χ0v) is 20.4. The average molecular weight is 470 g/mol. The van der Waals surface area contributed by atoms with Crippen molar-refractivity contribution in [3.05, 3.63) is 95.8 Å². The molecule has 0 unspecified atom stereocenters. The van der Waals surface area contributed by atoms with Gasteiger partial charge in [0.15, 0.2) is 0 Å². The molecule has 182 valence electrons. The van der Waals surface area contributed by atoms with Crippen molar-refractivity contribution in [2.75, 3.05) is 32.8 Å². The van der Waals surface area contributed by atoms with E-state index in [4.69, 9.17) is 4.74 Å². The summed E-state index contributed by atoms with van der Waals surface area (Å²) in [6.07, 6.45) is 6.22. The molecule has 2 aliphatic heterocycles. The third-order valence-electron chi connectivity index (χ3n) is 7.36. The molecule has 1 aromatic heterocycles. The van der Waals surface area contributed by atoms with Crippen molar-refractivity contribution in [1.29, 1.82) is 0 Å². The van der Waals surface area contributed by atoms with E-state index in [-0.39, 0.29) is 5.91 Å². The van der Waals surface area contributed by atoms with E-state index in [0.717, 1.165) is 51.3 Å². The molecular formula is C30H35N3O2. The van der Waals surface area contributed by atoms with Crippen LogP contribution in [-0.2, 0) is 6.54 Å². The number of carbonyl (C=O) groups is 1. The number of piperidine rings is 2. The second-order valence-electron chi connectivity index (χ2n) is 9.89. The summed E-state index contributed by atoms with van der Waals surface area (Å²) in [5, 5.41) is 0. The number of pyridine rings is 1. The zero-order valence-electron chi connectivity index (χ0n) is 20.4. The summed E-state index contributed by atoms with van der Waals surface area (Å²) in [5.41, 5.74) is 3.34. The van der Waals surface area contributed by atoms with Crippen LogP contribution in [0.4, 0.5) is 0 Å². The first-order chi connectivity index (χ1) is 17.2. The van der Waals surface area contributed by atoms with Crippen LogP contribution in [0.15, 0.2) is 79.0 Å². The number of rotatable bonds is 7. The van der Waals surface area contributed by atoms with Crippen molar-refractivity contribution < 1.29 is 9.53 Å². The number of ether oxygens (including phenoxy) is 1. The zero-order chi connectivity index (χ0) is 23.9. The minimum atomic E-state index is 0.0208. The highest BCUT2D eigenvalue weighted by Crippen LogP contribution is 2.28. The third kappa shape index (κ3) is 6.29. The van der Waals surface area contributed by atoms with Gasteiger partial charge in [0.05, 0.1) is 6.61 Å². The Morgan fingerprint density at radius 3 is 2.40 bits per heavy atom. The van der Waals surface area contributed by atoms with Gasteiger partial charge >= 0.3 is 0 Å². The van der Waals surface area contributed by atoms with E-state index in [9.17, 15) is 4.79 Å². The lowest BCUT2D eigenvalue weighted by Gasteiger charge is -2.32. The molecule has 1 atom stereocenters. The number of hydrogen-bond acceptors (Lipinski definition) is 4. The van der Waals surface area contributed by atoms with Crippen LogP contribution in [-0.4, -0.2) is 53.5 Å². The SMILES string of the molecule is O=C(c1ccccn1)N1CCC[C@@H](COc2ccc(CN3CCC(c4ccccc4)CC3)cc2)C1. The van der Waals surface area contributed by atoms with Gasteiger partial charge in [0, 0.05) is 31.7 Å². The number of likely N-dealkylation sites (tertiary alicyclic amines) is 2. The van der Waals surface area contributed by atoms with E-state index in [1.165, 1.54) is 24.0 Å². The molecule has 5 heteroatoms. The van der Waals surface area contributed by atoms with E-state index >= 15 is 0 Å². The fourth-order valence-electron chi connectivity index (χ4n) is 5.35. The van der Waals surface area contributed by atoms with E-state index in [1.54, 1.807) is 12.3 Å². The first-order valence-electron chi connectivity index (χ1n) is 12.9. The maximum Gasteiger partial charge on any atom is 0.272 e. The fraction of sp³-hybridized carbons (Fsp3) is 0.400. The Bertz CT molecular complexity index is 1060. The topological polar surface area (TPSA) is 45.7 Å². The largest absolute Gasteiger partial charge is 0.493 e. The van der Waals surface area contributed by atoms with Gasteiger partial charge in [-0.2, -0.15) is 0 Å². The number of carbonyl (C=O) groups excluding carboxylic acids is 1. The summed E-state index contributed by atoms with van der Waals surface area (Å²) in [4.78, 5) is 21.4. The molecule has 3 aromatic rings. The van der Waals surface area contributed by atoms with Crippen LogP contribution in [0.25, 0.3) is 0 Å². The highest BCUT2D eigenvalue weighted by atomic mass is 16.5. The minimum absolute atomic E-state index is 0.0208. The Morgan fingerprint density at radius 1 is 0.886 bits per heavy atom. The summed E-state index contributed by atoms with van der Waals surface area (Å²) < 4.78 is 6.12. The van der Waals surface area contributed by atoms with Crippen molar-refractivity contribution in [2.24, 2.45) is 5.92 Å². The molecule has 1 amide bonds. The molecule has 0 N–H and O–H groups in total. The monoisotopic (exact) mass is 469 g/mol. The van der Waals surface area contributed by atoms with Gasteiger partial charge in [0.2, 0.25) is 0 Å². The Morgan fingerprint density at radius 2 is 1.66 bits per heavy atom. The quantitative estimate of drug-likeness (QED) is 0.465. The van der Waals surface area contributed by atoms with Gasteiger partial charge in [0.25, 0.3) is 5.91 Å². The predicted octanol–water partition coefficient (Wildman–Crippen LogP) is 5.39. The van der Waals surface area contributed by atoms with Crippen molar-refractivity contribution in [3.63, 3.8) is 0 Å². The molecule has 2 fully saturated rings. The number of nitrogens with zero attached hydrogens (tertiary/aromatic N) is 3. The van der Waals surface area contributed by atoms with Gasteiger partial charge in [-0.25, -0.2) is 0 Å². The van der Waals surface area contributed by atoms with Crippen LogP contribution in [0.5, 0.6) is 5.75 Å². The van der Waals surface area contributed by atoms with Crippen molar-refractivity contribution in [3.8, 4) is 5.75 Å². The molecule has 0 bridgehead atoms. The summed E-state index contributed by atoms with van der Waals surface area (Å²) in [5.74, 6) is 1.97. The standard InChI is InChI=1S/C30H35N3O2/c34-30(29-10-4-5-17-31-29)33-18-6-7-25(22-33)23-35-28-13-11-24(12-14-28)21-32-19-15-27(16-20-32)26-8-2-1-3-9-26/h1-5,8-14,17,25,27H,6-7,15-16,18-23H2/t25-/m1/s1. The summed E-state index contributed by atoms with van der Waals surface area (Å²) in [6.45, 7) is 5.45. The van der Waals surface area contributed by atoms with Crippen LogP contribution >= 0.6 is 0 Å². The molecule has 5 rings (SSSR count). The van der Waals surface area contributed by atoms with Crippen molar-refractivity contribution in [1.82, 2.24) is 14.8 Å². The minimum Gasteiger partial charge on any atom is -0.493 e. The van der Waals surface area contributed by atoms with Crippen LogP contribution in [0.2, 0.25) is 0 Å². The Kier molecular flexibility index (Phi) is 7.74. The molecule has 0 saturated carbocycles. The second-order valence-corrected chi connectivity index (χ2v) is 9.89. The lowest BCUT2D eigenvalue weighted by molar-refractivity contribution is 0.0627. The summed E-state index contributed by atoms with van der Waals surface area (Å²) >= 11 is 0. The van der Waals surface area contributed by atoms with Gasteiger partial charge in [-0.1, -0.05) is 48.5 Å². The van der Waals surface area contributed by atoms with Crippen LogP contribution in [0.3, 0.4) is 0 Å². The van der Waals surface area contributed by atoms with Gasteiger partial charge in [0.1, 0.15) is 11.4 Å². The molecule has 3 heterocycles. The highest BCUT2D eigenvalue weighted by molar-refractivity contribution is 5.92. The van der Waals surface area contributed by atoms with E-state index in [2.05, 4.69) is 64.5 Å². The second kappa shape index (κ2) is 11.5. The van der Waals surface area contributed by atoms with Gasteiger partial charge < -0.3 is 9.64 Å². The molecule has 0 radical (unpaired) electrons. The van der Waals surface area contributed by atoms with Gasteiger partial charge in [-0.3, -0.25) is 14.7 Å². The number of aromatic nitrogens is 1. The summed E-state index contributed by atoms with van der Waals surface area (Å²) in [7, 11) is 0. The molecule has 2 aromatic carbocycles. The molecule has 0 aliphatic carbocycles. The molecule has 35 heavy (non-hydrogen) atoms. The van der Waals surface area contributed by atoms with Crippen LogP contribution in [0.1, 0.15) is 53.2 Å². The average Bonchev–Trinajstić information content (AvgIpc) is 2.94. The van der Waals surface area contributed by atoms with Gasteiger partial charge in [-0.15, -0.1) is 0 Å². The fourth-order valence-corrected chi connectivity index (χ4v) is 5.35. The lowest BCUT2D eigenvalue weighted by atomic mass is 9.89. The smallest absolute Gasteiger partial charge is 0.272 e. The molecular weight excluding hydrogens is 434 g/mol.